The lowest BCUT2D eigenvalue weighted by molar-refractivity contribution is -0.166. The fourth-order valence-corrected chi connectivity index (χ4v) is 3.22. The first-order chi connectivity index (χ1) is 15.5. The molecule has 2 heterocycles. The Labute approximate surface area is 185 Å². The predicted molar refractivity (Wildman–Crippen MR) is 120 cm³/mol. The first kappa shape index (κ1) is 21.0. The van der Waals surface area contributed by atoms with E-state index in [-0.39, 0.29) is 5.84 Å². The van der Waals surface area contributed by atoms with E-state index in [0.717, 1.165) is 35.5 Å². The molecular weight excluding hydrogens is 406 g/mol. The van der Waals surface area contributed by atoms with Crippen molar-refractivity contribution in [2.45, 2.75) is 19.6 Å². The highest BCUT2D eigenvalue weighted by atomic mass is 16.7. The van der Waals surface area contributed by atoms with Crippen LogP contribution in [0.3, 0.4) is 0 Å². The van der Waals surface area contributed by atoms with Crippen molar-refractivity contribution in [3.63, 3.8) is 0 Å². The van der Waals surface area contributed by atoms with E-state index in [9.17, 15) is 9.59 Å². The van der Waals surface area contributed by atoms with Gasteiger partial charge in [0.25, 0.3) is 0 Å². The number of nitrogens with two attached hydrogens (primary N) is 1. The second kappa shape index (κ2) is 9.26. The van der Waals surface area contributed by atoms with Gasteiger partial charge in [-0.15, -0.1) is 0 Å². The van der Waals surface area contributed by atoms with E-state index in [4.69, 9.17) is 20.2 Å². The van der Waals surface area contributed by atoms with Crippen LogP contribution in [0.2, 0.25) is 0 Å². The minimum atomic E-state index is -1.37. The molecule has 0 bridgehead atoms. The molecule has 1 aliphatic rings. The molecule has 7 nitrogen and oxygen atoms in total. The molecule has 160 valence electrons. The molecule has 0 aliphatic carbocycles. The third kappa shape index (κ3) is 5.07. The van der Waals surface area contributed by atoms with Crippen LogP contribution in [0, 0.1) is 6.92 Å². The SMILES string of the molecule is Cc1ccccc1Cc1cccc(-c2ccc(N=C(N)C3OC(=O)C=CC(=O)O3)cc2)n1. The first-order valence-corrected chi connectivity index (χ1v) is 10.0. The van der Waals surface area contributed by atoms with E-state index in [1.807, 2.05) is 42.5 Å². The molecule has 1 aromatic heterocycles. The number of carbonyl (C=O) groups is 2. The third-order valence-corrected chi connectivity index (χ3v) is 4.90. The number of cyclic esters (lactones) is 2. The van der Waals surface area contributed by atoms with Gasteiger partial charge in [0.2, 0.25) is 0 Å². The van der Waals surface area contributed by atoms with E-state index in [2.05, 4.69) is 24.0 Å². The predicted octanol–water partition coefficient (Wildman–Crippen LogP) is 3.62. The van der Waals surface area contributed by atoms with Gasteiger partial charge in [0.05, 0.1) is 11.4 Å². The molecule has 0 amide bonds. The maximum atomic E-state index is 11.5. The quantitative estimate of drug-likeness (QED) is 0.379. The number of ether oxygens (including phenoxy) is 2. The van der Waals surface area contributed by atoms with Crippen LogP contribution in [0.5, 0.6) is 0 Å². The number of benzene rings is 2. The lowest BCUT2D eigenvalue weighted by Crippen LogP contribution is -2.35. The molecule has 1 aliphatic heterocycles. The van der Waals surface area contributed by atoms with Crippen molar-refractivity contribution in [3.05, 3.63) is 95.7 Å². The van der Waals surface area contributed by atoms with E-state index in [1.165, 1.54) is 11.1 Å². The zero-order valence-corrected chi connectivity index (χ0v) is 17.4. The molecule has 0 fully saturated rings. The average Bonchev–Trinajstić information content (AvgIpc) is 2.97. The first-order valence-electron chi connectivity index (χ1n) is 10.0. The Hall–Kier alpha value is -4.26. The number of aromatic nitrogens is 1. The van der Waals surface area contributed by atoms with Crippen molar-refractivity contribution in [3.8, 4) is 11.3 Å². The minimum Gasteiger partial charge on any atom is -0.414 e. The normalized spacial score (nSPS) is 14.6. The van der Waals surface area contributed by atoms with E-state index >= 15 is 0 Å². The molecule has 32 heavy (non-hydrogen) atoms. The number of nitrogens with zero attached hydrogens (tertiary/aromatic N) is 2. The number of aliphatic imine (C=N–C) groups is 1. The number of carbonyl (C=O) groups excluding carboxylic acids is 2. The lowest BCUT2D eigenvalue weighted by Gasteiger charge is -2.14. The number of aryl methyl sites for hydroxylation is 1. The second-order valence-corrected chi connectivity index (χ2v) is 7.24. The largest absolute Gasteiger partial charge is 0.414 e. The van der Waals surface area contributed by atoms with E-state index < -0.39 is 18.2 Å². The summed E-state index contributed by atoms with van der Waals surface area (Å²) in [5.74, 6) is -1.60. The summed E-state index contributed by atoms with van der Waals surface area (Å²) in [6.45, 7) is 2.09. The number of hydrogen-bond acceptors (Lipinski definition) is 6. The number of amidine groups is 1. The number of pyridine rings is 1. The van der Waals surface area contributed by atoms with Gasteiger partial charge in [0.1, 0.15) is 0 Å². The Kier molecular flexibility index (Phi) is 6.07. The Balaban J connectivity index is 1.50. The Morgan fingerprint density at radius 1 is 0.938 bits per heavy atom. The van der Waals surface area contributed by atoms with E-state index in [1.54, 1.807) is 12.1 Å². The van der Waals surface area contributed by atoms with Gasteiger partial charge in [-0.25, -0.2) is 14.6 Å². The minimum absolute atomic E-state index is 0.137. The summed E-state index contributed by atoms with van der Waals surface area (Å²) in [7, 11) is 0. The van der Waals surface area contributed by atoms with Crippen LogP contribution in [0.4, 0.5) is 5.69 Å². The molecule has 0 saturated carbocycles. The van der Waals surface area contributed by atoms with Gasteiger partial charge < -0.3 is 15.2 Å². The molecule has 2 N–H and O–H groups in total. The summed E-state index contributed by atoms with van der Waals surface area (Å²) < 4.78 is 9.89. The zero-order chi connectivity index (χ0) is 22.5. The zero-order valence-electron chi connectivity index (χ0n) is 17.4. The fraction of sp³-hybridized carbons (Fsp3) is 0.120. The summed E-state index contributed by atoms with van der Waals surface area (Å²) in [6.07, 6.45) is 1.34. The molecule has 2 aromatic carbocycles. The number of hydrogen-bond donors (Lipinski definition) is 1. The highest BCUT2D eigenvalue weighted by Crippen LogP contribution is 2.23. The van der Waals surface area contributed by atoms with Crippen molar-refractivity contribution >= 4 is 23.5 Å². The van der Waals surface area contributed by atoms with Crippen LogP contribution in [-0.2, 0) is 25.5 Å². The van der Waals surface area contributed by atoms with Gasteiger partial charge in [-0.3, -0.25) is 4.98 Å². The second-order valence-electron chi connectivity index (χ2n) is 7.24. The van der Waals surface area contributed by atoms with Crippen LogP contribution in [0.15, 0.2) is 83.9 Å². The molecule has 0 radical (unpaired) electrons. The van der Waals surface area contributed by atoms with Crippen LogP contribution < -0.4 is 5.73 Å². The summed E-state index contributed by atoms with van der Waals surface area (Å²) in [5.41, 5.74) is 11.6. The van der Waals surface area contributed by atoms with Crippen LogP contribution in [0.25, 0.3) is 11.3 Å². The highest BCUT2D eigenvalue weighted by Gasteiger charge is 2.24. The summed E-state index contributed by atoms with van der Waals surface area (Å²) in [6, 6.07) is 21.5. The van der Waals surface area contributed by atoms with Crippen molar-refractivity contribution in [2.24, 2.45) is 10.7 Å². The molecular formula is C25H21N3O4. The van der Waals surface area contributed by atoms with Crippen molar-refractivity contribution in [1.82, 2.24) is 4.98 Å². The Morgan fingerprint density at radius 2 is 1.62 bits per heavy atom. The van der Waals surface area contributed by atoms with Gasteiger partial charge in [0, 0.05) is 29.8 Å². The van der Waals surface area contributed by atoms with Gasteiger partial charge >= 0.3 is 18.2 Å². The van der Waals surface area contributed by atoms with Crippen molar-refractivity contribution in [1.29, 1.82) is 0 Å². The monoisotopic (exact) mass is 427 g/mol. The molecule has 0 unspecified atom stereocenters. The molecule has 3 aromatic rings. The average molecular weight is 427 g/mol. The van der Waals surface area contributed by atoms with Crippen molar-refractivity contribution in [2.75, 3.05) is 0 Å². The lowest BCUT2D eigenvalue weighted by atomic mass is 10.0. The number of esters is 2. The third-order valence-electron chi connectivity index (χ3n) is 4.90. The Bertz CT molecular complexity index is 1200. The fourth-order valence-electron chi connectivity index (χ4n) is 3.22. The smallest absolute Gasteiger partial charge is 0.334 e. The summed E-state index contributed by atoms with van der Waals surface area (Å²) >= 11 is 0. The molecule has 7 heteroatoms. The molecule has 4 rings (SSSR count). The highest BCUT2D eigenvalue weighted by molar-refractivity contribution is 5.97. The molecule has 0 saturated heterocycles. The maximum absolute atomic E-state index is 11.5. The van der Waals surface area contributed by atoms with Crippen LogP contribution in [0.1, 0.15) is 16.8 Å². The topological polar surface area (TPSA) is 104 Å². The molecule has 0 spiro atoms. The summed E-state index contributed by atoms with van der Waals surface area (Å²) in [4.78, 5) is 32.0. The summed E-state index contributed by atoms with van der Waals surface area (Å²) in [5, 5.41) is 0. The van der Waals surface area contributed by atoms with Gasteiger partial charge in [0.15, 0.2) is 5.84 Å². The Morgan fingerprint density at radius 3 is 2.31 bits per heavy atom. The van der Waals surface area contributed by atoms with Crippen molar-refractivity contribution < 1.29 is 19.1 Å². The van der Waals surface area contributed by atoms with Gasteiger partial charge in [-0.05, 0) is 42.3 Å². The van der Waals surface area contributed by atoms with Crippen LogP contribution >= 0.6 is 0 Å². The molecule has 0 atom stereocenters. The van der Waals surface area contributed by atoms with Gasteiger partial charge in [-0.1, -0.05) is 42.5 Å². The number of rotatable bonds is 5. The maximum Gasteiger partial charge on any atom is 0.334 e. The standard InChI is InChI=1S/C25H21N3O4/c1-16-5-2-3-6-18(16)15-20-7-4-8-21(27-20)17-9-11-19(12-10-17)28-24(26)25-31-22(29)13-14-23(30)32-25/h2-14,25H,15H2,1H3,(H2,26,28). The van der Waals surface area contributed by atoms with Gasteiger partial charge in [-0.2, -0.15) is 0 Å². The van der Waals surface area contributed by atoms with E-state index in [0.29, 0.717) is 5.69 Å². The van der Waals surface area contributed by atoms with Crippen LogP contribution in [-0.4, -0.2) is 29.0 Å².